The molecule has 0 fully saturated rings. The maximum absolute atomic E-state index is 9.22. The predicted molar refractivity (Wildman–Crippen MR) is 84.7 cm³/mol. The molecule has 0 aliphatic rings. The number of rotatable bonds is 4. The van der Waals surface area contributed by atoms with Crippen molar-refractivity contribution < 1.29 is 14.6 Å². The fourth-order valence-corrected chi connectivity index (χ4v) is 1.77. The third-order valence-corrected chi connectivity index (χ3v) is 3.33. The molecule has 0 saturated heterocycles. The summed E-state index contributed by atoms with van der Waals surface area (Å²) in [5, 5.41) is 9.59. The van der Waals surface area contributed by atoms with Crippen LogP contribution in [-0.4, -0.2) is 5.11 Å². The average molecular weight is 346 g/mol. The van der Waals surface area contributed by atoms with Gasteiger partial charge in [0.05, 0.1) is 5.02 Å². The summed E-state index contributed by atoms with van der Waals surface area (Å²) in [4.78, 5) is 0. The zero-order chi connectivity index (χ0) is 15.4. The number of allylic oxidation sites excluding steroid dienone is 1. The molecular formula is C15H11Cl3O3. The molecule has 0 saturated carbocycles. The Bertz CT molecular complexity index is 662. The fourth-order valence-electron chi connectivity index (χ4n) is 1.48. The predicted octanol–water partition coefficient (Wildman–Crippen LogP) is 5.88. The smallest absolute Gasteiger partial charge is 0.146 e. The molecule has 110 valence electrons. The van der Waals surface area contributed by atoms with Crippen LogP contribution in [0.25, 0.3) is 0 Å². The molecule has 0 atom stereocenters. The van der Waals surface area contributed by atoms with Gasteiger partial charge in [0.1, 0.15) is 33.2 Å². The summed E-state index contributed by atoms with van der Waals surface area (Å²) in [5.74, 6) is 2.06. The van der Waals surface area contributed by atoms with E-state index in [4.69, 9.17) is 44.3 Å². The second-order valence-corrected chi connectivity index (χ2v) is 5.46. The van der Waals surface area contributed by atoms with Crippen LogP contribution < -0.4 is 9.47 Å². The Hall–Kier alpha value is -1.55. The second-order valence-electron chi connectivity index (χ2n) is 4.11. The molecule has 6 heteroatoms. The largest absolute Gasteiger partial charge is 0.508 e. The highest BCUT2D eigenvalue weighted by atomic mass is 35.5. The van der Waals surface area contributed by atoms with E-state index in [-0.39, 0.29) is 10.2 Å². The maximum atomic E-state index is 9.22. The van der Waals surface area contributed by atoms with Crippen LogP contribution in [0.2, 0.25) is 5.02 Å². The van der Waals surface area contributed by atoms with E-state index in [0.29, 0.717) is 28.0 Å². The Morgan fingerprint density at radius 1 is 1.00 bits per heavy atom. The van der Waals surface area contributed by atoms with E-state index >= 15 is 0 Å². The van der Waals surface area contributed by atoms with Crippen molar-refractivity contribution in [2.24, 2.45) is 0 Å². The zero-order valence-electron chi connectivity index (χ0n) is 10.9. The molecule has 0 aromatic heterocycles. The molecular weight excluding hydrogens is 335 g/mol. The molecule has 0 amide bonds. The first-order valence-corrected chi connectivity index (χ1v) is 7.05. The van der Waals surface area contributed by atoms with Gasteiger partial charge in [-0.15, -0.1) is 0 Å². The summed E-state index contributed by atoms with van der Waals surface area (Å²) >= 11 is 17.4. The molecule has 0 aliphatic heterocycles. The van der Waals surface area contributed by atoms with Crippen molar-refractivity contribution in [3.63, 3.8) is 0 Å². The van der Waals surface area contributed by atoms with Crippen molar-refractivity contribution in [2.45, 2.75) is 6.92 Å². The van der Waals surface area contributed by atoms with Crippen molar-refractivity contribution >= 4 is 34.8 Å². The number of phenolic OH excluding ortho intramolecular Hbond substituents is 1. The number of phenols is 1. The first-order valence-electron chi connectivity index (χ1n) is 5.92. The van der Waals surface area contributed by atoms with Crippen LogP contribution in [0.4, 0.5) is 0 Å². The molecule has 0 heterocycles. The van der Waals surface area contributed by atoms with Gasteiger partial charge in [-0.1, -0.05) is 34.8 Å². The minimum absolute atomic E-state index is 0.0514. The molecule has 0 unspecified atom stereocenters. The molecule has 0 spiro atoms. The summed E-state index contributed by atoms with van der Waals surface area (Å²) in [7, 11) is 0. The van der Waals surface area contributed by atoms with E-state index in [9.17, 15) is 5.11 Å². The van der Waals surface area contributed by atoms with E-state index in [1.807, 2.05) is 0 Å². The monoisotopic (exact) mass is 344 g/mol. The molecule has 1 N–H and O–H groups in total. The van der Waals surface area contributed by atoms with Crippen molar-refractivity contribution in [3.8, 4) is 23.0 Å². The van der Waals surface area contributed by atoms with Crippen molar-refractivity contribution in [1.29, 1.82) is 0 Å². The molecule has 2 rings (SSSR count). The van der Waals surface area contributed by atoms with Gasteiger partial charge in [-0.2, -0.15) is 0 Å². The van der Waals surface area contributed by atoms with Crippen molar-refractivity contribution in [3.05, 3.63) is 57.7 Å². The number of benzene rings is 2. The molecule has 2 aromatic rings. The molecule has 2 aromatic carbocycles. The van der Waals surface area contributed by atoms with Gasteiger partial charge in [0.25, 0.3) is 0 Å². The minimum Gasteiger partial charge on any atom is -0.508 e. The van der Waals surface area contributed by atoms with Gasteiger partial charge in [0, 0.05) is 6.07 Å². The normalized spacial score (nSPS) is 10.1. The van der Waals surface area contributed by atoms with E-state index < -0.39 is 0 Å². The van der Waals surface area contributed by atoms with E-state index in [2.05, 4.69) is 0 Å². The first-order chi connectivity index (χ1) is 9.95. The lowest BCUT2D eigenvalue weighted by Gasteiger charge is -2.10. The van der Waals surface area contributed by atoms with Crippen molar-refractivity contribution in [2.75, 3.05) is 0 Å². The highest BCUT2D eigenvalue weighted by Gasteiger charge is 2.07. The van der Waals surface area contributed by atoms with Gasteiger partial charge in [-0.05, 0) is 43.3 Å². The first kappa shape index (κ1) is 15.8. The van der Waals surface area contributed by atoms with Crippen LogP contribution in [0.5, 0.6) is 23.0 Å². The summed E-state index contributed by atoms with van der Waals surface area (Å²) < 4.78 is 11.1. The Morgan fingerprint density at radius 3 is 2.19 bits per heavy atom. The van der Waals surface area contributed by atoms with Crippen LogP contribution in [-0.2, 0) is 0 Å². The van der Waals surface area contributed by atoms with Crippen molar-refractivity contribution in [1.82, 2.24) is 0 Å². The highest BCUT2D eigenvalue weighted by Crippen LogP contribution is 2.33. The Morgan fingerprint density at radius 2 is 1.62 bits per heavy atom. The lowest BCUT2D eigenvalue weighted by Crippen LogP contribution is -1.92. The van der Waals surface area contributed by atoms with Crippen LogP contribution in [0.3, 0.4) is 0 Å². The molecule has 0 bridgehead atoms. The zero-order valence-corrected chi connectivity index (χ0v) is 13.2. The lowest BCUT2D eigenvalue weighted by molar-refractivity contribution is 0.425. The number of halogens is 3. The van der Waals surface area contributed by atoms with E-state index in [1.165, 1.54) is 12.1 Å². The lowest BCUT2D eigenvalue weighted by atomic mass is 10.3. The van der Waals surface area contributed by atoms with Crippen LogP contribution in [0.15, 0.2) is 52.7 Å². The fraction of sp³-hybridized carbons (Fsp3) is 0.0667. The highest BCUT2D eigenvalue weighted by molar-refractivity contribution is 6.56. The quantitative estimate of drug-likeness (QED) is 0.703. The number of aromatic hydroxyl groups is 1. The van der Waals surface area contributed by atoms with Gasteiger partial charge in [0.15, 0.2) is 0 Å². The van der Waals surface area contributed by atoms with Gasteiger partial charge >= 0.3 is 0 Å². The topological polar surface area (TPSA) is 38.7 Å². The number of ether oxygens (including phenoxy) is 2. The maximum Gasteiger partial charge on any atom is 0.146 e. The standard InChI is InChI=1S/C15H11Cl3O3/c1-9(15(17)18)20-12-6-7-14(13(16)8-12)21-11-4-2-10(19)3-5-11/h2-8,19H,1H3. The molecule has 0 aliphatic carbocycles. The molecule has 21 heavy (non-hydrogen) atoms. The van der Waals surface area contributed by atoms with Gasteiger partial charge in [-0.3, -0.25) is 0 Å². The third kappa shape index (κ3) is 4.46. The van der Waals surface area contributed by atoms with E-state index in [1.54, 1.807) is 37.3 Å². The number of hydrogen-bond donors (Lipinski definition) is 1. The average Bonchev–Trinajstić information content (AvgIpc) is 2.44. The molecule has 0 radical (unpaired) electrons. The number of hydrogen-bond acceptors (Lipinski definition) is 3. The van der Waals surface area contributed by atoms with Crippen LogP contribution in [0, 0.1) is 0 Å². The Balaban J connectivity index is 2.16. The SMILES string of the molecule is CC(Oc1ccc(Oc2ccc(O)cc2)c(Cl)c1)=C(Cl)Cl. The minimum atomic E-state index is 0.0514. The second kappa shape index (κ2) is 6.94. The van der Waals surface area contributed by atoms with Crippen LogP contribution in [0.1, 0.15) is 6.92 Å². The van der Waals surface area contributed by atoms with Gasteiger partial charge < -0.3 is 14.6 Å². The van der Waals surface area contributed by atoms with E-state index in [0.717, 1.165) is 0 Å². The summed E-state index contributed by atoms with van der Waals surface area (Å²) in [6, 6.07) is 11.3. The summed E-state index contributed by atoms with van der Waals surface area (Å²) in [5.41, 5.74) is 0. The van der Waals surface area contributed by atoms with Crippen LogP contribution >= 0.6 is 34.8 Å². The Kier molecular flexibility index (Phi) is 5.23. The van der Waals surface area contributed by atoms with Gasteiger partial charge in [-0.25, -0.2) is 0 Å². The third-order valence-electron chi connectivity index (χ3n) is 2.50. The Labute approximate surface area is 137 Å². The summed E-state index contributed by atoms with van der Waals surface area (Å²) in [6.07, 6.45) is 0. The molecule has 3 nitrogen and oxygen atoms in total. The van der Waals surface area contributed by atoms with Gasteiger partial charge in [0.2, 0.25) is 0 Å². The summed E-state index contributed by atoms with van der Waals surface area (Å²) in [6.45, 7) is 1.64.